The van der Waals surface area contributed by atoms with Gasteiger partial charge >= 0.3 is 0 Å². The zero-order valence-corrected chi connectivity index (χ0v) is 14.9. The van der Waals surface area contributed by atoms with Crippen LogP contribution in [0.25, 0.3) is 6.08 Å². The maximum absolute atomic E-state index is 12.1. The standard InChI is InChI=1S/C22H18N2O4/c25-22(14-11-17-9-12-20(13-10-17)24(26)27)23-19-7-4-8-21(15-19)28-16-18-5-2-1-3-6-18/h1-15H,16H2,(H,23,25)/b14-11+. The number of ether oxygens (including phenoxy) is 1. The number of amides is 1. The van der Waals surface area contributed by atoms with Crippen molar-refractivity contribution in [3.05, 3.63) is 106 Å². The lowest BCUT2D eigenvalue weighted by Crippen LogP contribution is -2.07. The summed E-state index contributed by atoms with van der Waals surface area (Å²) in [5.74, 6) is 0.347. The molecule has 0 radical (unpaired) electrons. The molecule has 0 saturated heterocycles. The van der Waals surface area contributed by atoms with Crippen molar-refractivity contribution in [2.45, 2.75) is 6.61 Å². The number of carbonyl (C=O) groups is 1. The number of rotatable bonds is 7. The Morgan fingerprint density at radius 1 is 1.00 bits per heavy atom. The van der Waals surface area contributed by atoms with Gasteiger partial charge in [0.25, 0.3) is 5.69 Å². The third-order valence-electron chi connectivity index (χ3n) is 3.88. The Bertz CT molecular complexity index is 983. The number of anilines is 1. The molecule has 0 aliphatic rings. The molecule has 0 bridgehead atoms. The molecule has 0 aliphatic heterocycles. The highest BCUT2D eigenvalue weighted by Crippen LogP contribution is 2.19. The average molecular weight is 374 g/mol. The van der Waals surface area contributed by atoms with Crippen molar-refractivity contribution >= 4 is 23.4 Å². The highest BCUT2D eigenvalue weighted by Gasteiger charge is 2.04. The molecule has 28 heavy (non-hydrogen) atoms. The summed E-state index contributed by atoms with van der Waals surface area (Å²) in [6, 6.07) is 22.9. The maximum Gasteiger partial charge on any atom is 0.269 e. The lowest BCUT2D eigenvalue weighted by molar-refractivity contribution is -0.384. The Balaban J connectivity index is 1.57. The Morgan fingerprint density at radius 3 is 2.46 bits per heavy atom. The van der Waals surface area contributed by atoms with Crippen LogP contribution in [0.15, 0.2) is 84.9 Å². The van der Waals surface area contributed by atoms with Gasteiger partial charge in [-0.15, -0.1) is 0 Å². The van der Waals surface area contributed by atoms with Crippen LogP contribution in [-0.2, 0) is 11.4 Å². The van der Waals surface area contributed by atoms with Crippen LogP contribution in [0.5, 0.6) is 5.75 Å². The molecule has 6 heteroatoms. The summed E-state index contributed by atoms with van der Waals surface area (Å²) in [5, 5.41) is 13.4. The molecular formula is C22H18N2O4. The van der Waals surface area contributed by atoms with Gasteiger partial charge in [0.2, 0.25) is 5.91 Å². The molecule has 3 aromatic carbocycles. The Morgan fingerprint density at radius 2 is 1.75 bits per heavy atom. The van der Waals surface area contributed by atoms with Crippen molar-refractivity contribution in [2.75, 3.05) is 5.32 Å². The first-order valence-electron chi connectivity index (χ1n) is 8.60. The zero-order chi connectivity index (χ0) is 19.8. The van der Waals surface area contributed by atoms with Gasteiger partial charge in [-0.3, -0.25) is 14.9 Å². The number of nitrogens with zero attached hydrogens (tertiary/aromatic N) is 1. The number of non-ortho nitro benzene ring substituents is 1. The van der Waals surface area contributed by atoms with Gasteiger partial charge in [0.15, 0.2) is 0 Å². The highest BCUT2D eigenvalue weighted by molar-refractivity contribution is 6.02. The van der Waals surface area contributed by atoms with Crippen LogP contribution in [0.4, 0.5) is 11.4 Å². The van der Waals surface area contributed by atoms with Gasteiger partial charge in [0.1, 0.15) is 12.4 Å². The van der Waals surface area contributed by atoms with Gasteiger partial charge < -0.3 is 10.1 Å². The molecule has 0 aromatic heterocycles. The van der Waals surface area contributed by atoms with Gasteiger partial charge in [-0.1, -0.05) is 36.4 Å². The third kappa shape index (κ3) is 5.54. The number of carbonyl (C=O) groups excluding carboxylic acids is 1. The normalized spacial score (nSPS) is 10.6. The quantitative estimate of drug-likeness (QED) is 0.365. The molecule has 140 valence electrons. The summed E-state index contributed by atoms with van der Waals surface area (Å²) in [6.07, 6.45) is 2.97. The number of hydrogen-bond donors (Lipinski definition) is 1. The van der Waals surface area contributed by atoms with Crippen LogP contribution in [-0.4, -0.2) is 10.8 Å². The molecule has 0 atom stereocenters. The predicted octanol–water partition coefficient (Wildman–Crippen LogP) is 4.83. The molecule has 6 nitrogen and oxygen atoms in total. The minimum Gasteiger partial charge on any atom is -0.489 e. The summed E-state index contributed by atoms with van der Waals surface area (Å²) >= 11 is 0. The fourth-order valence-corrected chi connectivity index (χ4v) is 2.47. The summed E-state index contributed by atoms with van der Waals surface area (Å²) < 4.78 is 5.75. The molecule has 0 heterocycles. The van der Waals surface area contributed by atoms with E-state index in [-0.39, 0.29) is 11.6 Å². The summed E-state index contributed by atoms with van der Waals surface area (Å²) in [5.41, 5.74) is 2.38. The van der Waals surface area contributed by atoms with Gasteiger partial charge in [0.05, 0.1) is 4.92 Å². The topological polar surface area (TPSA) is 81.5 Å². The largest absolute Gasteiger partial charge is 0.489 e. The first kappa shape index (κ1) is 18.8. The van der Waals surface area contributed by atoms with Gasteiger partial charge in [-0.25, -0.2) is 0 Å². The Kier molecular flexibility index (Phi) is 6.15. The third-order valence-corrected chi connectivity index (χ3v) is 3.88. The maximum atomic E-state index is 12.1. The molecule has 0 unspecified atom stereocenters. The monoisotopic (exact) mass is 374 g/mol. The van der Waals surface area contributed by atoms with E-state index in [1.807, 2.05) is 36.4 Å². The van der Waals surface area contributed by atoms with Crippen LogP contribution in [0.3, 0.4) is 0 Å². The second-order valence-electron chi connectivity index (χ2n) is 5.97. The molecule has 1 N–H and O–H groups in total. The number of nitrogens with one attached hydrogen (secondary N) is 1. The molecule has 3 rings (SSSR count). The van der Waals surface area contributed by atoms with Crippen molar-refractivity contribution in [1.82, 2.24) is 0 Å². The number of nitro benzene ring substituents is 1. The summed E-state index contributed by atoms with van der Waals surface area (Å²) in [7, 11) is 0. The summed E-state index contributed by atoms with van der Waals surface area (Å²) in [6.45, 7) is 0.443. The van der Waals surface area contributed by atoms with E-state index < -0.39 is 4.92 Å². The van der Waals surface area contributed by atoms with E-state index in [1.165, 1.54) is 18.2 Å². The van der Waals surface area contributed by atoms with Crippen LogP contribution >= 0.6 is 0 Å². The van der Waals surface area contributed by atoms with Crippen LogP contribution in [0.1, 0.15) is 11.1 Å². The second kappa shape index (κ2) is 9.14. The molecule has 1 amide bonds. The molecule has 3 aromatic rings. The van der Waals surface area contributed by atoms with Crippen LogP contribution in [0, 0.1) is 10.1 Å². The highest BCUT2D eigenvalue weighted by atomic mass is 16.6. The molecular weight excluding hydrogens is 356 g/mol. The molecule has 0 spiro atoms. The smallest absolute Gasteiger partial charge is 0.269 e. The minimum absolute atomic E-state index is 0.00826. The first-order chi connectivity index (χ1) is 13.6. The molecule has 0 fully saturated rings. The van der Waals surface area contributed by atoms with Crippen molar-refractivity contribution in [3.8, 4) is 5.75 Å². The lowest BCUT2D eigenvalue weighted by atomic mass is 10.2. The average Bonchev–Trinajstić information content (AvgIpc) is 2.72. The van der Waals surface area contributed by atoms with E-state index in [4.69, 9.17) is 4.74 Å². The fraction of sp³-hybridized carbons (Fsp3) is 0.0455. The number of hydrogen-bond acceptors (Lipinski definition) is 4. The molecule has 0 saturated carbocycles. The van der Waals surface area contributed by atoms with Gasteiger partial charge in [-0.2, -0.15) is 0 Å². The Labute approximate surface area is 162 Å². The van der Waals surface area contributed by atoms with E-state index in [0.717, 1.165) is 5.56 Å². The van der Waals surface area contributed by atoms with Crippen LogP contribution in [0.2, 0.25) is 0 Å². The fourth-order valence-electron chi connectivity index (χ4n) is 2.47. The van der Waals surface area contributed by atoms with E-state index in [2.05, 4.69) is 5.32 Å². The predicted molar refractivity (Wildman–Crippen MR) is 108 cm³/mol. The summed E-state index contributed by atoms with van der Waals surface area (Å²) in [4.78, 5) is 22.3. The number of nitro groups is 1. The SMILES string of the molecule is O=C(/C=C/c1ccc([N+](=O)[O-])cc1)Nc1cccc(OCc2ccccc2)c1. The van der Waals surface area contributed by atoms with E-state index in [0.29, 0.717) is 23.6 Å². The van der Waals surface area contributed by atoms with E-state index >= 15 is 0 Å². The first-order valence-corrected chi connectivity index (χ1v) is 8.60. The lowest BCUT2D eigenvalue weighted by Gasteiger charge is -2.08. The van der Waals surface area contributed by atoms with Crippen molar-refractivity contribution in [2.24, 2.45) is 0 Å². The van der Waals surface area contributed by atoms with Gasteiger partial charge in [0, 0.05) is 30.0 Å². The van der Waals surface area contributed by atoms with E-state index in [1.54, 1.807) is 36.4 Å². The van der Waals surface area contributed by atoms with Crippen molar-refractivity contribution in [1.29, 1.82) is 0 Å². The number of benzene rings is 3. The second-order valence-corrected chi connectivity index (χ2v) is 5.97. The van der Waals surface area contributed by atoms with Crippen molar-refractivity contribution < 1.29 is 14.5 Å². The van der Waals surface area contributed by atoms with Crippen LogP contribution < -0.4 is 10.1 Å². The zero-order valence-electron chi connectivity index (χ0n) is 14.9. The van der Waals surface area contributed by atoms with E-state index in [9.17, 15) is 14.9 Å². The Hall–Kier alpha value is -3.93. The minimum atomic E-state index is -0.465. The molecule has 0 aliphatic carbocycles. The van der Waals surface area contributed by atoms with Crippen molar-refractivity contribution in [3.63, 3.8) is 0 Å². The van der Waals surface area contributed by atoms with Gasteiger partial charge in [-0.05, 0) is 41.5 Å².